The van der Waals surface area contributed by atoms with E-state index in [1.54, 1.807) is 0 Å². The van der Waals surface area contributed by atoms with Crippen LogP contribution in [0.15, 0.2) is 29.4 Å². The van der Waals surface area contributed by atoms with Gasteiger partial charge in [-0.1, -0.05) is 41.6 Å². The minimum atomic E-state index is 0.580. The van der Waals surface area contributed by atoms with Crippen molar-refractivity contribution in [3.8, 4) is 17.3 Å². The molecule has 24 heavy (non-hydrogen) atoms. The Kier molecular flexibility index (Phi) is 5.03. The highest BCUT2D eigenvalue weighted by Gasteiger charge is 2.24. The highest BCUT2D eigenvalue weighted by molar-refractivity contribution is 7.98. The van der Waals surface area contributed by atoms with E-state index in [0.29, 0.717) is 10.7 Å². The Morgan fingerprint density at radius 2 is 1.83 bits per heavy atom. The lowest BCUT2D eigenvalue weighted by Crippen LogP contribution is -3.12. The van der Waals surface area contributed by atoms with Crippen molar-refractivity contribution < 1.29 is 4.90 Å². The molecule has 1 saturated heterocycles. The molecule has 1 aromatic heterocycles. The summed E-state index contributed by atoms with van der Waals surface area (Å²) in [6.07, 6.45) is 1.97. The molecule has 1 aliphatic rings. The first-order valence-electron chi connectivity index (χ1n) is 8.11. The zero-order valence-electron chi connectivity index (χ0n) is 14.3. The van der Waals surface area contributed by atoms with Gasteiger partial charge in [0.05, 0.1) is 38.9 Å². The number of nitriles is 1. The van der Waals surface area contributed by atoms with Crippen LogP contribution in [0.5, 0.6) is 0 Å². The van der Waals surface area contributed by atoms with Crippen LogP contribution in [0.3, 0.4) is 0 Å². The normalized spacial score (nSPS) is 15.3. The van der Waals surface area contributed by atoms with E-state index in [4.69, 9.17) is 0 Å². The molecule has 3 rings (SSSR count). The quantitative estimate of drug-likeness (QED) is 0.676. The van der Waals surface area contributed by atoms with E-state index in [-0.39, 0.29) is 0 Å². The van der Waals surface area contributed by atoms with Crippen LogP contribution in [0.2, 0.25) is 0 Å². The molecule has 0 saturated carbocycles. The summed E-state index contributed by atoms with van der Waals surface area (Å²) in [4.78, 5) is 13.0. The fourth-order valence-corrected chi connectivity index (χ4v) is 3.23. The average Bonchev–Trinajstić information content (AvgIpc) is 2.62. The van der Waals surface area contributed by atoms with E-state index < -0.39 is 0 Å². The molecule has 2 heterocycles. The van der Waals surface area contributed by atoms with E-state index in [1.807, 2.05) is 18.4 Å². The Bertz CT molecular complexity index is 758. The molecule has 0 aliphatic carbocycles. The molecule has 0 spiro atoms. The van der Waals surface area contributed by atoms with Gasteiger partial charge in [0.1, 0.15) is 11.6 Å². The second-order valence-electron chi connectivity index (χ2n) is 6.18. The van der Waals surface area contributed by atoms with Gasteiger partial charge in [-0.15, -0.1) is 0 Å². The van der Waals surface area contributed by atoms with E-state index >= 15 is 0 Å². The van der Waals surface area contributed by atoms with Gasteiger partial charge in [-0.2, -0.15) is 5.26 Å². The van der Waals surface area contributed by atoms with Crippen LogP contribution in [0, 0.1) is 18.3 Å². The number of benzene rings is 1. The number of nitrogens with one attached hydrogen (secondary N) is 1. The first kappa shape index (κ1) is 16.7. The minimum Gasteiger partial charge on any atom is -0.344 e. The van der Waals surface area contributed by atoms with Crippen LogP contribution in [-0.4, -0.2) is 49.5 Å². The van der Waals surface area contributed by atoms with Crippen molar-refractivity contribution in [1.29, 1.82) is 5.26 Å². The molecule has 6 heteroatoms. The molecular weight excluding hydrogens is 318 g/mol. The number of hydrogen-bond acceptors (Lipinski definition) is 5. The number of rotatable bonds is 3. The van der Waals surface area contributed by atoms with Gasteiger partial charge in [-0.05, 0) is 13.2 Å². The third-order valence-corrected chi connectivity index (χ3v) is 4.95. The first-order chi connectivity index (χ1) is 11.6. The monoisotopic (exact) mass is 340 g/mol. The predicted molar refractivity (Wildman–Crippen MR) is 97.5 cm³/mol. The largest absolute Gasteiger partial charge is 0.344 e. The molecule has 124 valence electrons. The van der Waals surface area contributed by atoms with E-state index in [2.05, 4.69) is 47.0 Å². The number of aromatic nitrogens is 2. The fourth-order valence-electron chi connectivity index (χ4n) is 2.87. The molecular formula is C18H22N5S+. The Morgan fingerprint density at radius 3 is 2.42 bits per heavy atom. The van der Waals surface area contributed by atoms with Gasteiger partial charge in [-0.3, -0.25) is 0 Å². The summed E-state index contributed by atoms with van der Waals surface area (Å²) in [5.41, 5.74) is 3.48. The summed E-state index contributed by atoms with van der Waals surface area (Å²) < 4.78 is 0. The Hall–Kier alpha value is -2.10. The maximum absolute atomic E-state index is 9.79. The van der Waals surface area contributed by atoms with Gasteiger partial charge in [-0.25, -0.2) is 9.97 Å². The van der Waals surface area contributed by atoms with Crippen LogP contribution in [-0.2, 0) is 0 Å². The highest BCUT2D eigenvalue weighted by atomic mass is 32.2. The smallest absolute Gasteiger partial charge is 0.189 e. The first-order valence-corrected chi connectivity index (χ1v) is 9.34. The van der Waals surface area contributed by atoms with E-state index in [0.717, 1.165) is 43.3 Å². The lowest BCUT2D eigenvalue weighted by atomic mass is 10.0. The number of aryl methyl sites for hydroxylation is 1. The van der Waals surface area contributed by atoms with Crippen molar-refractivity contribution in [3.05, 3.63) is 35.4 Å². The summed E-state index contributed by atoms with van der Waals surface area (Å²) in [5.74, 6) is 0.778. The van der Waals surface area contributed by atoms with Gasteiger partial charge in [0.2, 0.25) is 0 Å². The van der Waals surface area contributed by atoms with Crippen molar-refractivity contribution in [2.24, 2.45) is 0 Å². The zero-order chi connectivity index (χ0) is 17.1. The highest BCUT2D eigenvalue weighted by Crippen LogP contribution is 2.30. The van der Waals surface area contributed by atoms with Gasteiger partial charge in [0.25, 0.3) is 0 Å². The molecule has 2 aromatic rings. The maximum atomic E-state index is 9.79. The standard InChI is InChI=1S/C18H21N5S/c1-13-4-6-14(7-5-13)16-15(12-19)17(21-18(20-16)24-3)23-10-8-22(2)9-11-23/h4-7H,8-11H2,1-3H3/p+1. The molecule has 0 radical (unpaired) electrons. The molecule has 0 unspecified atom stereocenters. The minimum absolute atomic E-state index is 0.580. The number of quaternary nitrogens is 1. The number of likely N-dealkylation sites (N-methyl/N-ethyl adjacent to an activating group) is 1. The summed E-state index contributed by atoms with van der Waals surface area (Å²) in [6, 6.07) is 10.5. The number of anilines is 1. The topological polar surface area (TPSA) is 57.2 Å². The number of nitrogens with zero attached hydrogens (tertiary/aromatic N) is 4. The molecule has 1 fully saturated rings. The van der Waals surface area contributed by atoms with E-state index in [1.165, 1.54) is 22.2 Å². The molecule has 0 atom stereocenters. The fraction of sp³-hybridized carbons (Fsp3) is 0.389. The lowest BCUT2D eigenvalue weighted by Gasteiger charge is -2.31. The summed E-state index contributed by atoms with van der Waals surface area (Å²) in [5, 5.41) is 10.5. The third-order valence-electron chi connectivity index (χ3n) is 4.41. The summed E-state index contributed by atoms with van der Waals surface area (Å²) in [6.45, 7) is 6.00. The van der Waals surface area contributed by atoms with Crippen molar-refractivity contribution >= 4 is 17.6 Å². The van der Waals surface area contributed by atoms with E-state index in [9.17, 15) is 5.26 Å². The lowest BCUT2D eigenvalue weighted by molar-refractivity contribution is -0.880. The Labute approximate surface area is 147 Å². The Balaban J connectivity index is 2.10. The third kappa shape index (κ3) is 3.37. The van der Waals surface area contributed by atoms with Crippen LogP contribution in [0.1, 0.15) is 11.1 Å². The van der Waals surface area contributed by atoms with Gasteiger partial charge in [0.15, 0.2) is 11.0 Å². The molecule has 5 nitrogen and oxygen atoms in total. The molecule has 0 amide bonds. The van der Waals surface area contributed by atoms with Crippen molar-refractivity contribution in [2.45, 2.75) is 12.1 Å². The number of piperazine rings is 1. The van der Waals surface area contributed by atoms with Crippen LogP contribution >= 0.6 is 11.8 Å². The van der Waals surface area contributed by atoms with Crippen LogP contribution in [0.25, 0.3) is 11.3 Å². The molecule has 1 aliphatic heterocycles. The van der Waals surface area contributed by atoms with Gasteiger partial charge in [0, 0.05) is 5.56 Å². The molecule has 0 bridgehead atoms. The number of hydrogen-bond donors (Lipinski definition) is 1. The SMILES string of the molecule is CSc1nc(-c2ccc(C)cc2)c(C#N)c(N2CC[NH+](C)CC2)n1. The van der Waals surface area contributed by atoms with Crippen molar-refractivity contribution in [1.82, 2.24) is 9.97 Å². The Morgan fingerprint density at radius 1 is 1.17 bits per heavy atom. The summed E-state index contributed by atoms with van der Waals surface area (Å²) in [7, 11) is 2.20. The number of thioether (sulfide) groups is 1. The maximum Gasteiger partial charge on any atom is 0.189 e. The molecule has 1 N–H and O–H groups in total. The van der Waals surface area contributed by atoms with Crippen LogP contribution in [0.4, 0.5) is 5.82 Å². The van der Waals surface area contributed by atoms with Gasteiger partial charge >= 0.3 is 0 Å². The second-order valence-corrected chi connectivity index (χ2v) is 6.95. The van der Waals surface area contributed by atoms with Crippen molar-refractivity contribution in [2.75, 3.05) is 44.4 Å². The summed E-state index contributed by atoms with van der Waals surface area (Å²) >= 11 is 1.52. The van der Waals surface area contributed by atoms with Gasteiger partial charge < -0.3 is 9.80 Å². The predicted octanol–water partition coefficient (Wildman–Crippen LogP) is 1.38. The van der Waals surface area contributed by atoms with Crippen molar-refractivity contribution in [3.63, 3.8) is 0 Å². The second kappa shape index (κ2) is 7.20. The zero-order valence-corrected chi connectivity index (χ0v) is 15.2. The average molecular weight is 340 g/mol. The van der Waals surface area contributed by atoms with Crippen LogP contribution < -0.4 is 9.80 Å². The molecule has 1 aromatic carbocycles.